The van der Waals surface area contributed by atoms with E-state index in [-0.39, 0.29) is 0 Å². The zero-order chi connectivity index (χ0) is 18.6. The molecule has 4 aliphatic rings. The standard InChI is InChI=1S/C24H37NO2/c1-16-8-12-24(15-26-3)17(14-16)4-5-18-19-6-7-21(22-10-13-25-27-22)23(19,2)11-9-20(18)24/h10,13,16-21H,4-9,11-12,14-15H2,1-3H3. The highest BCUT2D eigenvalue weighted by Gasteiger charge is 2.61. The molecular formula is C24H37NO2. The number of nitrogens with zero attached hydrogens (tertiary/aromatic N) is 1. The lowest BCUT2D eigenvalue weighted by atomic mass is 9.44. The van der Waals surface area contributed by atoms with E-state index in [0.717, 1.165) is 42.0 Å². The fraction of sp³-hybridized carbons (Fsp3) is 0.875. The summed E-state index contributed by atoms with van der Waals surface area (Å²) in [4.78, 5) is 0. The Morgan fingerprint density at radius 3 is 2.78 bits per heavy atom. The first-order chi connectivity index (χ1) is 13.1. The Morgan fingerprint density at radius 1 is 1.11 bits per heavy atom. The van der Waals surface area contributed by atoms with Crippen LogP contribution in [0.5, 0.6) is 0 Å². The molecule has 27 heavy (non-hydrogen) atoms. The first kappa shape index (κ1) is 18.2. The van der Waals surface area contributed by atoms with Crippen molar-refractivity contribution in [1.82, 2.24) is 5.16 Å². The number of aromatic nitrogens is 1. The molecule has 0 spiro atoms. The number of fused-ring (bicyclic) bond motifs is 5. The van der Waals surface area contributed by atoms with Crippen LogP contribution in [0.15, 0.2) is 16.8 Å². The van der Waals surface area contributed by atoms with Crippen LogP contribution in [0, 0.1) is 40.4 Å². The molecule has 3 nitrogen and oxygen atoms in total. The van der Waals surface area contributed by atoms with Crippen molar-refractivity contribution in [2.24, 2.45) is 40.4 Å². The van der Waals surface area contributed by atoms with Gasteiger partial charge in [-0.05, 0) is 91.8 Å². The van der Waals surface area contributed by atoms with Crippen LogP contribution in [0.25, 0.3) is 0 Å². The minimum Gasteiger partial charge on any atom is -0.384 e. The van der Waals surface area contributed by atoms with Crippen molar-refractivity contribution in [2.75, 3.05) is 13.7 Å². The summed E-state index contributed by atoms with van der Waals surface area (Å²) in [7, 11) is 1.94. The molecular weight excluding hydrogens is 334 g/mol. The lowest BCUT2D eigenvalue weighted by Gasteiger charge is -2.61. The van der Waals surface area contributed by atoms with E-state index in [2.05, 4.69) is 25.1 Å². The second kappa shape index (κ2) is 6.61. The second-order valence-electron chi connectivity index (χ2n) is 10.8. The van der Waals surface area contributed by atoms with Gasteiger partial charge in [0.15, 0.2) is 0 Å². The van der Waals surface area contributed by atoms with Crippen LogP contribution in [0.3, 0.4) is 0 Å². The zero-order valence-electron chi connectivity index (χ0n) is 17.5. The van der Waals surface area contributed by atoms with Crippen LogP contribution in [-0.2, 0) is 4.74 Å². The van der Waals surface area contributed by atoms with Gasteiger partial charge in [0.05, 0.1) is 12.8 Å². The Hall–Kier alpha value is -0.830. The summed E-state index contributed by atoms with van der Waals surface area (Å²) in [5.74, 6) is 6.18. The Labute approximate surface area is 164 Å². The van der Waals surface area contributed by atoms with Crippen LogP contribution in [0.4, 0.5) is 0 Å². The van der Waals surface area contributed by atoms with Gasteiger partial charge in [0.1, 0.15) is 5.76 Å². The van der Waals surface area contributed by atoms with E-state index in [1.165, 1.54) is 57.8 Å². The second-order valence-corrected chi connectivity index (χ2v) is 10.8. The number of rotatable bonds is 3. The summed E-state index contributed by atoms with van der Waals surface area (Å²) < 4.78 is 11.6. The van der Waals surface area contributed by atoms with Crippen molar-refractivity contribution in [2.45, 2.75) is 77.6 Å². The average molecular weight is 372 g/mol. The summed E-state index contributed by atoms with van der Waals surface area (Å²) >= 11 is 0. The maximum atomic E-state index is 5.92. The van der Waals surface area contributed by atoms with Gasteiger partial charge in [0.2, 0.25) is 0 Å². The van der Waals surface area contributed by atoms with Crippen molar-refractivity contribution in [3.05, 3.63) is 18.0 Å². The molecule has 4 fully saturated rings. The molecule has 0 N–H and O–H groups in total. The molecule has 1 aromatic rings. The molecule has 3 heteroatoms. The van der Waals surface area contributed by atoms with Gasteiger partial charge in [-0.3, -0.25) is 0 Å². The molecule has 4 saturated carbocycles. The van der Waals surface area contributed by atoms with Gasteiger partial charge in [-0.25, -0.2) is 0 Å². The average Bonchev–Trinajstić information content (AvgIpc) is 3.29. The van der Waals surface area contributed by atoms with Crippen LogP contribution >= 0.6 is 0 Å². The minimum absolute atomic E-state index is 0.407. The molecule has 0 aromatic carbocycles. The highest BCUT2D eigenvalue weighted by molar-refractivity contribution is 5.17. The molecule has 0 amide bonds. The fourth-order valence-corrected chi connectivity index (χ4v) is 8.69. The van der Waals surface area contributed by atoms with E-state index in [4.69, 9.17) is 9.26 Å². The van der Waals surface area contributed by atoms with Crippen LogP contribution < -0.4 is 0 Å². The van der Waals surface area contributed by atoms with Crippen molar-refractivity contribution >= 4 is 0 Å². The SMILES string of the molecule is COCC12CCC(C)CC1CCC1C3CCC(c4ccno4)C3(C)CCC12. The highest BCUT2D eigenvalue weighted by Crippen LogP contribution is 2.69. The first-order valence-corrected chi connectivity index (χ1v) is 11.5. The summed E-state index contributed by atoms with van der Waals surface area (Å²) in [6, 6.07) is 2.12. The lowest BCUT2D eigenvalue weighted by Crippen LogP contribution is -2.56. The molecule has 1 aromatic heterocycles. The summed E-state index contributed by atoms with van der Waals surface area (Å²) in [5.41, 5.74) is 0.875. The highest BCUT2D eigenvalue weighted by atomic mass is 16.5. The van der Waals surface area contributed by atoms with E-state index in [1.54, 1.807) is 0 Å². The maximum absolute atomic E-state index is 5.92. The fourth-order valence-electron chi connectivity index (χ4n) is 8.69. The quantitative estimate of drug-likeness (QED) is 0.647. The van der Waals surface area contributed by atoms with Gasteiger partial charge >= 0.3 is 0 Å². The summed E-state index contributed by atoms with van der Waals surface area (Å²) in [6.45, 7) is 6.05. The zero-order valence-corrected chi connectivity index (χ0v) is 17.5. The van der Waals surface area contributed by atoms with Crippen molar-refractivity contribution in [1.29, 1.82) is 0 Å². The Balaban J connectivity index is 1.45. The molecule has 0 bridgehead atoms. The summed E-state index contributed by atoms with van der Waals surface area (Å²) in [5, 5.41) is 4.02. The Bertz CT molecular complexity index is 657. The number of hydrogen-bond donors (Lipinski definition) is 0. The maximum Gasteiger partial charge on any atom is 0.140 e. The number of ether oxygens (including phenoxy) is 1. The largest absolute Gasteiger partial charge is 0.384 e. The van der Waals surface area contributed by atoms with E-state index >= 15 is 0 Å². The predicted octanol–water partition coefficient (Wildman–Crippen LogP) is 6.06. The molecule has 0 radical (unpaired) electrons. The number of methoxy groups -OCH3 is 1. The van der Waals surface area contributed by atoms with E-state index in [0.29, 0.717) is 16.7 Å². The molecule has 0 aliphatic heterocycles. The molecule has 4 aliphatic carbocycles. The molecule has 150 valence electrons. The van der Waals surface area contributed by atoms with Gasteiger partial charge < -0.3 is 9.26 Å². The third kappa shape index (κ3) is 2.59. The topological polar surface area (TPSA) is 35.3 Å². The lowest BCUT2D eigenvalue weighted by molar-refractivity contribution is -0.148. The monoisotopic (exact) mass is 371 g/mol. The molecule has 5 rings (SSSR count). The summed E-state index contributed by atoms with van der Waals surface area (Å²) in [6.07, 6.45) is 14.4. The van der Waals surface area contributed by atoms with Gasteiger partial charge in [0.25, 0.3) is 0 Å². The van der Waals surface area contributed by atoms with Crippen molar-refractivity contribution in [3.63, 3.8) is 0 Å². The molecule has 1 heterocycles. The van der Waals surface area contributed by atoms with Gasteiger partial charge in [-0.1, -0.05) is 25.4 Å². The van der Waals surface area contributed by atoms with E-state index in [1.807, 2.05) is 13.3 Å². The van der Waals surface area contributed by atoms with Crippen molar-refractivity contribution in [3.8, 4) is 0 Å². The molecule has 0 saturated heterocycles. The molecule has 8 unspecified atom stereocenters. The number of hydrogen-bond acceptors (Lipinski definition) is 3. The van der Waals surface area contributed by atoms with Crippen molar-refractivity contribution < 1.29 is 9.26 Å². The van der Waals surface area contributed by atoms with Crippen LogP contribution in [0.1, 0.15) is 83.3 Å². The van der Waals surface area contributed by atoms with Gasteiger partial charge in [0, 0.05) is 19.1 Å². The molecule has 8 atom stereocenters. The van der Waals surface area contributed by atoms with Crippen LogP contribution in [0.2, 0.25) is 0 Å². The van der Waals surface area contributed by atoms with E-state index < -0.39 is 0 Å². The van der Waals surface area contributed by atoms with E-state index in [9.17, 15) is 0 Å². The third-order valence-electron chi connectivity index (χ3n) is 9.84. The first-order valence-electron chi connectivity index (χ1n) is 11.5. The normalized spacial score (nSPS) is 49.3. The Kier molecular flexibility index (Phi) is 4.46. The van der Waals surface area contributed by atoms with Crippen LogP contribution in [-0.4, -0.2) is 18.9 Å². The van der Waals surface area contributed by atoms with Gasteiger partial charge in [-0.2, -0.15) is 0 Å². The third-order valence-corrected chi connectivity index (χ3v) is 9.84. The Morgan fingerprint density at radius 2 is 2.00 bits per heavy atom. The predicted molar refractivity (Wildman–Crippen MR) is 106 cm³/mol. The minimum atomic E-state index is 0.407. The smallest absolute Gasteiger partial charge is 0.140 e. The van der Waals surface area contributed by atoms with Gasteiger partial charge in [-0.15, -0.1) is 0 Å².